The molecule has 0 atom stereocenters. The van der Waals surface area contributed by atoms with E-state index in [1.165, 1.54) is 12.8 Å². The zero-order chi connectivity index (χ0) is 11.4. The molecule has 5 nitrogen and oxygen atoms in total. The van der Waals surface area contributed by atoms with E-state index in [2.05, 4.69) is 15.5 Å². The van der Waals surface area contributed by atoms with Crippen LogP contribution in [0.1, 0.15) is 31.5 Å². The number of ether oxygens (including phenoxy) is 1. The Bertz CT molecular complexity index is 318. The van der Waals surface area contributed by atoms with Crippen molar-refractivity contribution in [1.82, 2.24) is 20.1 Å². The van der Waals surface area contributed by atoms with Crippen LogP contribution in [0.2, 0.25) is 0 Å². The smallest absolute Gasteiger partial charge is 0.146 e. The number of methoxy groups -OCH3 is 1. The van der Waals surface area contributed by atoms with Gasteiger partial charge in [-0.25, -0.2) is 0 Å². The molecule has 90 valence electrons. The standard InChI is InChI=1S/C11H20N4O/c1-15-8-13-14-11(15)7-12-9-3-5-10(16-2)6-4-9/h8-10,12H,3-7H2,1-2H3. The minimum Gasteiger partial charge on any atom is -0.381 e. The predicted molar refractivity (Wildman–Crippen MR) is 60.9 cm³/mol. The molecular weight excluding hydrogens is 204 g/mol. The van der Waals surface area contributed by atoms with Crippen molar-refractivity contribution >= 4 is 0 Å². The third kappa shape index (κ3) is 2.80. The Labute approximate surface area is 96.2 Å². The average Bonchev–Trinajstić information content (AvgIpc) is 2.73. The summed E-state index contributed by atoms with van der Waals surface area (Å²) in [4.78, 5) is 0. The number of hydrogen-bond acceptors (Lipinski definition) is 4. The van der Waals surface area contributed by atoms with Crippen molar-refractivity contribution in [1.29, 1.82) is 0 Å². The summed E-state index contributed by atoms with van der Waals surface area (Å²) in [5.74, 6) is 0.994. The third-order valence-electron chi connectivity index (χ3n) is 3.36. The minimum absolute atomic E-state index is 0.466. The lowest BCUT2D eigenvalue weighted by atomic mass is 9.93. The van der Waals surface area contributed by atoms with E-state index in [0.29, 0.717) is 12.1 Å². The zero-order valence-corrected chi connectivity index (χ0v) is 10.0. The monoisotopic (exact) mass is 224 g/mol. The summed E-state index contributed by atoms with van der Waals surface area (Å²) in [5.41, 5.74) is 0. The number of nitrogens with zero attached hydrogens (tertiary/aromatic N) is 3. The van der Waals surface area contributed by atoms with E-state index in [0.717, 1.165) is 25.2 Å². The average molecular weight is 224 g/mol. The number of aryl methyl sites for hydroxylation is 1. The number of aromatic nitrogens is 3. The lowest BCUT2D eigenvalue weighted by Crippen LogP contribution is -2.35. The van der Waals surface area contributed by atoms with Crippen molar-refractivity contribution < 1.29 is 4.74 Å². The fourth-order valence-corrected chi connectivity index (χ4v) is 2.21. The molecule has 0 aliphatic heterocycles. The molecule has 16 heavy (non-hydrogen) atoms. The van der Waals surface area contributed by atoms with Gasteiger partial charge >= 0.3 is 0 Å². The maximum Gasteiger partial charge on any atom is 0.146 e. The summed E-state index contributed by atoms with van der Waals surface area (Å²) < 4.78 is 7.31. The first kappa shape index (κ1) is 11.5. The van der Waals surface area contributed by atoms with Crippen LogP contribution < -0.4 is 5.32 Å². The van der Waals surface area contributed by atoms with Crippen molar-refractivity contribution in [2.24, 2.45) is 7.05 Å². The molecule has 0 spiro atoms. The molecular formula is C11H20N4O. The molecule has 1 saturated carbocycles. The van der Waals surface area contributed by atoms with Gasteiger partial charge in [0.15, 0.2) is 0 Å². The maximum atomic E-state index is 5.35. The fourth-order valence-electron chi connectivity index (χ4n) is 2.21. The Kier molecular flexibility index (Phi) is 3.90. The third-order valence-corrected chi connectivity index (χ3v) is 3.36. The molecule has 1 N–H and O–H groups in total. The summed E-state index contributed by atoms with van der Waals surface area (Å²) in [6.07, 6.45) is 6.90. The number of hydrogen-bond donors (Lipinski definition) is 1. The Balaban J connectivity index is 1.73. The topological polar surface area (TPSA) is 52.0 Å². The second kappa shape index (κ2) is 5.41. The van der Waals surface area contributed by atoms with Gasteiger partial charge in [0.05, 0.1) is 12.6 Å². The van der Waals surface area contributed by atoms with Gasteiger partial charge in [0, 0.05) is 20.2 Å². The van der Waals surface area contributed by atoms with Crippen molar-refractivity contribution in [3.63, 3.8) is 0 Å². The predicted octanol–water partition coefficient (Wildman–Crippen LogP) is 0.862. The molecule has 1 fully saturated rings. The van der Waals surface area contributed by atoms with E-state index in [9.17, 15) is 0 Å². The van der Waals surface area contributed by atoms with E-state index in [1.54, 1.807) is 13.4 Å². The molecule has 0 unspecified atom stereocenters. The molecule has 2 rings (SSSR count). The zero-order valence-electron chi connectivity index (χ0n) is 10.0. The first-order valence-corrected chi connectivity index (χ1v) is 5.88. The van der Waals surface area contributed by atoms with E-state index in [4.69, 9.17) is 4.74 Å². The Morgan fingerprint density at radius 3 is 2.75 bits per heavy atom. The summed E-state index contributed by atoms with van der Waals surface area (Å²) in [6.45, 7) is 0.804. The van der Waals surface area contributed by atoms with Gasteiger partial charge in [-0.2, -0.15) is 0 Å². The van der Waals surface area contributed by atoms with Crippen LogP contribution in [-0.2, 0) is 18.3 Å². The summed E-state index contributed by atoms with van der Waals surface area (Å²) in [7, 11) is 3.77. The van der Waals surface area contributed by atoms with Crippen LogP contribution in [0.5, 0.6) is 0 Å². The van der Waals surface area contributed by atoms with Crippen LogP contribution in [0, 0.1) is 0 Å². The molecule has 1 heterocycles. The highest BCUT2D eigenvalue weighted by atomic mass is 16.5. The largest absolute Gasteiger partial charge is 0.381 e. The molecule has 0 saturated heterocycles. The lowest BCUT2D eigenvalue weighted by molar-refractivity contribution is 0.0623. The van der Waals surface area contributed by atoms with Gasteiger partial charge in [0.25, 0.3) is 0 Å². The van der Waals surface area contributed by atoms with Crippen LogP contribution in [-0.4, -0.2) is 34.0 Å². The molecule has 0 aromatic carbocycles. The van der Waals surface area contributed by atoms with Crippen molar-refractivity contribution in [3.8, 4) is 0 Å². The van der Waals surface area contributed by atoms with E-state index in [-0.39, 0.29) is 0 Å². The molecule has 1 aliphatic carbocycles. The lowest BCUT2D eigenvalue weighted by Gasteiger charge is -2.28. The van der Waals surface area contributed by atoms with Gasteiger partial charge in [-0.05, 0) is 25.7 Å². The van der Waals surface area contributed by atoms with Crippen LogP contribution >= 0.6 is 0 Å². The summed E-state index contributed by atoms with van der Waals surface area (Å²) >= 11 is 0. The first-order chi connectivity index (χ1) is 7.79. The molecule has 1 aromatic heterocycles. The normalized spacial score (nSPS) is 25.9. The highest BCUT2D eigenvalue weighted by Crippen LogP contribution is 2.20. The molecule has 1 aliphatic rings. The van der Waals surface area contributed by atoms with Crippen LogP contribution in [0.3, 0.4) is 0 Å². The Hall–Kier alpha value is -0.940. The van der Waals surface area contributed by atoms with Gasteiger partial charge in [0.1, 0.15) is 12.2 Å². The maximum absolute atomic E-state index is 5.35. The van der Waals surface area contributed by atoms with Crippen LogP contribution in [0.15, 0.2) is 6.33 Å². The number of rotatable bonds is 4. The van der Waals surface area contributed by atoms with Crippen molar-refractivity contribution in [2.75, 3.05) is 7.11 Å². The summed E-state index contributed by atoms with van der Waals surface area (Å²) in [6, 6.07) is 0.600. The molecule has 0 amide bonds. The molecule has 1 aromatic rings. The van der Waals surface area contributed by atoms with E-state index >= 15 is 0 Å². The van der Waals surface area contributed by atoms with Crippen LogP contribution in [0.4, 0.5) is 0 Å². The van der Waals surface area contributed by atoms with Crippen LogP contribution in [0.25, 0.3) is 0 Å². The fraction of sp³-hybridized carbons (Fsp3) is 0.818. The second-order valence-electron chi connectivity index (χ2n) is 4.45. The quantitative estimate of drug-likeness (QED) is 0.824. The van der Waals surface area contributed by atoms with Crippen molar-refractivity contribution in [2.45, 2.75) is 44.4 Å². The minimum atomic E-state index is 0.466. The highest BCUT2D eigenvalue weighted by molar-refractivity contribution is 4.86. The van der Waals surface area contributed by atoms with Gasteiger partial charge in [0.2, 0.25) is 0 Å². The van der Waals surface area contributed by atoms with E-state index < -0.39 is 0 Å². The van der Waals surface area contributed by atoms with Gasteiger partial charge < -0.3 is 14.6 Å². The Morgan fingerprint density at radius 1 is 1.44 bits per heavy atom. The molecule has 0 bridgehead atoms. The molecule has 5 heteroatoms. The summed E-state index contributed by atoms with van der Waals surface area (Å²) in [5, 5.41) is 11.5. The number of nitrogens with one attached hydrogen (secondary N) is 1. The van der Waals surface area contributed by atoms with Gasteiger partial charge in [-0.15, -0.1) is 10.2 Å². The first-order valence-electron chi connectivity index (χ1n) is 5.88. The van der Waals surface area contributed by atoms with Gasteiger partial charge in [-0.1, -0.05) is 0 Å². The van der Waals surface area contributed by atoms with Gasteiger partial charge in [-0.3, -0.25) is 0 Å². The second-order valence-corrected chi connectivity index (χ2v) is 4.45. The van der Waals surface area contributed by atoms with Crippen molar-refractivity contribution in [3.05, 3.63) is 12.2 Å². The Morgan fingerprint density at radius 2 is 2.19 bits per heavy atom. The molecule has 0 radical (unpaired) electrons. The SMILES string of the molecule is COC1CCC(NCc2nncn2C)CC1. The van der Waals surface area contributed by atoms with E-state index in [1.807, 2.05) is 11.6 Å². The highest BCUT2D eigenvalue weighted by Gasteiger charge is 2.20.